The molecule has 2 aromatic heterocycles. The Morgan fingerprint density at radius 1 is 1.15 bits per heavy atom. The first kappa shape index (κ1) is 16.4. The molecule has 0 spiro atoms. The zero-order valence-corrected chi connectivity index (χ0v) is 14.5. The molecule has 3 aromatic rings. The van der Waals surface area contributed by atoms with Crippen LogP contribution in [0.1, 0.15) is 31.4 Å². The van der Waals surface area contributed by atoms with Crippen LogP contribution in [0.5, 0.6) is 0 Å². The molecule has 1 fully saturated rings. The smallest absolute Gasteiger partial charge is 0.309 e. The summed E-state index contributed by atoms with van der Waals surface area (Å²) in [5, 5.41) is 15.7. The number of nitrogens with zero attached hydrogens (tertiary/aromatic N) is 6. The fourth-order valence-electron chi connectivity index (χ4n) is 3.22. The zero-order chi connectivity index (χ0) is 17.9. The average molecular weight is 352 g/mol. The van der Waals surface area contributed by atoms with Crippen LogP contribution in [-0.4, -0.2) is 44.3 Å². The Morgan fingerprint density at radius 3 is 2.69 bits per heavy atom. The molecule has 0 saturated carbocycles. The highest BCUT2D eigenvalue weighted by atomic mass is 16.5. The van der Waals surface area contributed by atoms with E-state index >= 15 is 0 Å². The summed E-state index contributed by atoms with van der Waals surface area (Å²) in [6.07, 6.45) is 1.26. The third kappa shape index (κ3) is 3.35. The highest BCUT2D eigenvalue weighted by Crippen LogP contribution is 2.25. The molecule has 0 radical (unpaired) electrons. The summed E-state index contributed by atoms with van der Waals surface area (Å²) in [4.78, 5) is 14.6. The molecule has 26 heavy (non-hydrogen) atoms. The van der Waals surface area contributed by atoms with Crippen molar-refractivity contribution in [3.05, 3.63) is 48.0 Å². The van der Waals surface area contributed by atoms with Gasteiger partial charge in [0.05, 0.1) is 5.92 Å². The molecule has 1 aliphatic heterocycles. The maximum absolute atomic E-state index is 12.5. The van der Waals surface area contributed by atoms with Crippen molar-refractivity contribution < 1.29 is 9.53 Å². The van der Waals surface area contributed by atoms with Crippen LogP contribution in [0.25, 0.3) is 5.65 Å². The lowest BCUT2D eigenvalue weighted by molar-refractivity contribution is -0.154. The largest absolute Gasteiger partial charge is 0.458 e. The molecule has 0 aliphatic carbocycles. The van der Waals surface area contributed by atoms with Crippen molar-refractivity contribution in [3.63, 3.8) is 0 Å². The third-order valence-corrected chi connectivity index (χ3v) is 4.77. The molecule has 1 aromatic carbocycles. The molecule has 4 rings (SSSR count). The molecule has 1 saturated heterocycles. The van der Waals surface area contributed by atoms with Gasteiger partial charge in [-0.3, -0.25) is 4.79 Å². The second-order valence-electron chi connectivity index (χ2n) is 6.47. The molecule has 1 atom stereocenters. The van der Waals surface area contributed by atoms with Gasteiger partial charge >= 0.3 is 5.97 Å². The lowest BCUT2D eigenvalue weighted by Crippen LogP contribution is -2.37. The van der Waals surface area contributed by atoms with E-state index < -0.39 is 0 Å². The van der Waals surface area contributed by atoms with E-state index in [1.807, 2.05) is 49.4 Å². The van der Waals surface area contributed by atoms with E-state index in [1.54, 1.807) is 0 Å². The molecule has 8 nitrogen and oxygen atoms in total. The number of carbonyl (C=O) groups is 1. The van der Waals surface area contributed by atoms with Crippen LogP contribution in [0, 0.1) is 5.92 Å². The fourth-order valence-corrected chi connectivity index (χ4v) is 3.22. The van der Waals surface area contributed by atoms with Crippen molar-refractivity contribution in [1.82, 2.24) is 25.3 Å². The van der Waals surface area contributed by atoms with Crippen LogP contribution in [0.2, 0.25) is 0 Å². The van der Waals surface area contributed by atoms with Crippen LogP contribution < -0.4 is 4.90 Å². The molecule has 0 bridgehead atoms. The number of fused-ring (bicyclic) bond motifs is 1. The van der Waals surface area contributed by atoms with Crippen LogP contribution in [0.15, 0.2) is 42.5 Å². The Hall–Kier alpha value is -3.03. The quantitative estimate of drug-likeness (QED) is 0.664. The predicted molar refractivity (Wildman–Crippen MR) is 94.5 cm³/mol. The lowest BCUT2D eigenvalue weighted by Gasteiger charge is -2.32. The number of hydrogen-bond donors (Lipinski definition) is 0. The topological polar surface area (TPSA) is 85.5 Å². The number of tetrazole rings is 1. The summed E-state index contributed by atoms with van der Waals surface area (Å²) in [5.74, 6) is 0.619. The Kier molecular flexibility index (Phi) is 4.47. The molecule has 0 N–H and O–H groups in total. The number of ether oxygens (including phenoxy) is 1. The van der Waals surface area contributed by atoms with Crippen molar-refractivity contribution in [1.29, 1.82) is 0 Å². The molecule has 0 amide bonds. The van der Waals surface area contributed by atoms with Gasteiger partial charge < -0.3 is 9.64 Å². The Morgan fingerprint density at radius 2 is 1.92 bits per heavy atom. The van der Waals surface area contributed by atoms with Crippen molar-refractivity contribution >= 4 is 17.4 Å². The van der Waals surface area contributed by atoms with Gasteiger partial charge in [-0.2, -0.15) is 0 Å². The highest BCUT2D eigenvalue weighted by Gasteiger charge is 2.28. The third-order valence-electron chi connectivity index (χ3n) is 4.77. The minimum Gasteiger partial charge on any atom is -0.458 e. The van der Waals surface area contributed by atoms with Gasteiger partial charge in [0.25, 0.3) is 0 Å². The van der Waals surface area contributed by atoms with Gasteiger partial charge in [0.15, 0.2) is 11.5 Å². The number of carbonyl (C=O) groups excluding carboxylic acids is 1. The first-order chi connectivity index (χ1) is 12.7. The molecular weight excluding hydrogens is 332 g/mol. The van der Waals surface area contributed by atoms with E-state index in [4.69, 9.17) is 4.74 Å². The number of esters is 1. The van der Waals surface area contributed by atoms with Crippen molar-refractivity contribution in [2.24, 2.45) is 5.92 Å². The van der Waals surface area contributed by atoms with Crippen LogP contribution in [0.3, 0.4) is 0 Å². The van der Waals surface area contributed by atoms with E-state index in [1.165, 1.54) is 4.63 Å². The Bertz CT molecular complexity index is 889. The summed E-state index contributed by atoms with van der Waals surface area (Å²) in [7, 11) is 0. The van der Waals surface area contributed by atoms with E-state index in [9.17, 15) is 4.79 Å². The van der Waals surface area contributed by atoms with E-state index in [2.05, 4.69) is 25.5 Å². The second-order valence-corrected chi connectivity index (χ2v) is 6.47. The van der Waals surface area contributed by atoms with Crippen LogP contribution >= 0.6 is 0 Å². The lowest BCUT2D eigenvalue weighted by atomic mass is 9.97. The first-order valence-corrected chi connectivity index (χ1v) is 8.76. The predicted octanol–water partition coefficient (Wildman–Crippen LogP) is 2.04. The summed E-state index contributed by atoms with van der Waals surface area (Å²) in [6.45, 7) is 3.41. The minimum atomic E-state index is -0.231. The molecule has 1 unspecified atom stereocenters. The maximum Gasteiger partial charge on any atom is 0.309 e. The Labute approximate surface area is 150 Å². The van der Waals surface area contributed by atoms with Crippen LogP contribution in [-0.2, 0) is 9.53 Å². The molecule has 1 aliphatic rings. The van der Waals surface area contributed by atoms with Gasteiger partial charge in [0, 0.05) is 13.1 Å². The summed E-state index contributed by atoms with van der Waals surface area (Å²) in [5.41, 5.74) is 1.62. The van der Waals surface area contributed by atoms with Crippen molar-refractivity contribution in [3.8, 4) is 0 Å². The van der Waals surface area contributed by atoms with Gasteiger partial charge in [0.2, 0.25) is 0 Å². The van der Waals surface area contributed by atoms with Gasteiger partial charge in [-0.25, -0.2) is 0 Å². The number of anilines is 1. The molecule has 8 heteroatoms. The van der Waals surface area contributed by atoms with Crippen molar-refractivity contribution in [2.75, 3.05) is 18.0 Å². The summed E-state index contributed by atoms with van der Waals surface area (Å²) >= 11 is 0. The maximum atomic E-state index is 12.5. The number of aromatic nitrogens is 5. The van der Waals surface area contributed by atoms with Gasteiger partial charge in [-0.15, -0.1) is 14.8 Å². The van der Waals surface area contributed by atoms with Gasteiger partial charge in [-0.1, -0.05) is 30.3 Å². The standard InChI is InChI=1S/C18H20N6O2/c1-13(14-5-3-2-4-6-14)26-18(25)15-9-11-23(12-10-15)17-8-7-16-19-21-22-24(16)20-17/h2-8,13,15H,9-12H2,1H3. The fraction of sp³-hybridized carbons (Fsp3) is 0.389. The number of rotatable bonds is 4. The SMILES string of the molecule is CC(OC(=O)C1CCN(c2ccc3nnnn3n2)CC1)c1ccccc1. The number of hydrogen-bond acceptors (Lipinski definition) is 7. The number of piperidine rings is 1. The van der Waals surface area contributed by atoms with Crippen LogP contribution in [0.4, 0.5) is 5.82 Å². The van der Waals surface area contributed by atoms with E-state index in [-0.39, 0.29) is 18.0 Å². The summed E-state index contributed by atoms with van der Waals surface area (Å²) in [6, 6.07) is 13.5. The molecule has 3 heterocycles. The molecular formula is C18H20N6O2. The normalized spacial score (nSPS) is 16.6. The monoisotopic (exact) mass is 352 g/mol. The van der Waals surface area contributed by atoms with Gasteiger partial charge in [0.1, 0.15) is 6.10 Å². The van der Waals surface area contributed by atoms with E-state index in [0.717, 1.165) is 37.3 Å². The zero-order valence-electron chi connectivity index (χ0n) is 14.5. The van der Waals surface area contributed by atoms with Gasteiger partial charge in [-0.05, 0) is 47.9 Å². The van der Waals surface area contributed by atoms with E-state index in [0.29, 0.717) is 5.65 Å². The number of benzene rings is 1. The average Bonchev–Trinajstić information content (AvgIpc) is 3.16. The highest BCUT2D eigenvalue weighted by molar-refractivity contribution is 5.73. The second kappa shape index (κ2) is 7.07. The first-order valence-electron chi connectivity index (χ1n) is 8.76. The molecule has 134 valence electrons. The minimum absolute atomic E-state index is 0.0748. The van der Waals surface area contributed by atoms with Crippen molar-refractivity contribution in [2.45, 2.75) is 25.9 Å². The summed E-state index contributed by atoms with van der Waals surface area (Å²) < 4.78 is 7.07. The Balaban J connectivity index is 1.34.